The Hall–Kier alpha value is -4.05. The zero-order valence-corrected chi connectivity index (χ0v) is 21.3. The normalized spacial score (nSPS) is 11.2. The number of nitrogens with one attached hydrogen (secondary N) is 2. The van der Waals surface area contributed by atoms with Gasteiger partial charge >= 0.3 is 0 Å². The molecule has 0 saturated heterocycles. The molecule has 4 aromatic rings. The molecule has 4 rings (SSSR count). The Bertz CT molecular complexity index is 1450. The lowest BCUT2D eigenvalue weighted by Crippen LogP contribution is -2.20. The number of fused-ring (bicyclic) bond motifs is 1. The van der Waals surface area contributed by atoms with Gasteiger partial charge < -0.3 is 25.2 Å². The van der Waals surface area contributed by atoms with Crippen LogP contribution in [0.2, 0.25) is 5.02 Å². The predicted octanol–water partition coefficient (Wildman–Crippen LogP) is 4.92. The number of aliphatic hydroxyl groups is 1. The number of ether oxygens (including phenoxy) is 2. The first kappa shape index (κ1) is 27.0. The van der Waals surface area contributed by atoms with E-state index in [4.69, 9.17) is 26.2 Å². The zero-order chi connectivity index (χ0) is 26.9. The van der Waals surface area contributed by atoms with Crippen molar-refractivity contribution in [3.05, 3.63) is 89.0 Å². The van der Waals surface area contributed by atoms with Crippen molar-refractivity contribution < 1.29 is 23.8 Å². The van der Waals surface area contributed by atoms with Crippen LogP contribution in [0, 0.1) is 5.82 Å². The molecular formula is C28H26ClFN4O4. The van der Waals surface area contributed by atoms with E-state index in [1.165, 1.54) is 24.5 Å². The summed E-state index contributed by atoms with van der Waals surface area (Å²) >= 11 is 5.91. The summed E-state index contributed by atoms with van der Waals surface area (Å²) in [6.07, 6.45) is 4.45. The fourth-order valence-electron chi connectivity index (χ4n) is 3.60. The molecule has 0 aliphatic rings. The van der Waals surface area contributed by atoms with E-state index in [9.17, 15) is 9.18 Å². The third-order valence-electron chi connectivity index (χ3n) is 5.57. The van der Waals surface area contributed by atoms with Gasteiger partial charge in [0.25, 0.3) is 0 Å². The molecule has 0 bridgehead atoms. The van der Waals surface area contributed by atoms with Crippen molar-refractivity contribution in [2.45, 2.75) is 6.54 Å². The monoisotopic (exact) mass is 536 g/mol. The zero-order valence-electron chi connectivity index (χ0n) is 20.6. The Kier molecular flexibility index (Phi) is 9.21. The molecule has 0 radical (unpaired) electrons. The quantitative estimate of drug-likeness (QED) is 0.173. The number of ketones is 1. The van der Waals surface area contributed by atoms with Gasteiger partial charge in [0.15, 0.2) is 17.3 Å². The van der Waals surface area contributed by atoms with Gasteiger partial charge in [-0.25, -0.2) is 14.4 Å². The molecule has 196 valence electrons. The summed E-state index contributed by atoms with van der Waals surface area (Å²) in [7, 11) is 1.56. The highest BCUT2D eigenvalue weighted by atomic mass is 35.5. The van der Waals surface area contributed by atoms with E-state index in [-0.39, 0.29) is 10.8 Å². The number of aromatic nitrogens is 2. The van der Waals surface area contributed by atoms with Crippen molar-refractivity contribution in [1.29, 1.82) is 0 Å². The van der Waals surface area contributed by atoms with Crippen molar-refractivity contribution in [1.82, 2.24) is 15.3 Å². The molecule has 1 heterocycles. The summed E-state index contributed by atoms with van der Waals surface area (Å²) in [5.74, 6) is 0.750. The van der Waals surface area contributed by atoms with Gasteiger partial charge in [-0.15, -0.1) is 0 Å². The lowest BCUT2D eigenvalue weighted by Gasteiger charge is -2.14. The van der Waals surface area contributed by atoms with Gasteiger partial charge in [0.05, 0.1) is 17.6 Å². The van der Waals surface area contributed by atoms with Crippen LogP contribution in [0.25, 0.3) is 17.0 Å². The number of benzene rings is 3. The summed E-state index contributed by atoms with van der Waals surface area (Å²) < 4.78 is 25.0. The van der Waals surface area contributed by atoms with Crippen molar-refractivity contribution in [2.24, 2.45) is 0 Å². The molecule has 3 aromatic carbocycles. The lowest BCUT2D eigenvalue weighted by molar-refractivity contribution is -0.117. The maximum atomic E-state index is 13.5. The van der Waals surface area contributed by atoms with Crippen molar-refractivity contribution in [3.63, 3.8) is 0 Å². The summed E-state index contributed by atoms with van der Waals surface area (Å²) in [5, 5.41) is 16.0. The van der Waals surface area contributed by atoms with Crippen LogP contribution < -0.4 is 20.1 Å². The molecule has 0 fully saturated rings. The third kappa shape index (κ3) is 7.04. The van der Waals surface area contributed by atoms with Crippen LogP contribution in [0.5, 0.6) is 11.5 Å². The third-order valence-corrected chi connectivity index (χ3v) is 5.86. The van der Waals surface area contributed by atoms with Gasteiger partial charge in [0.2, 0.25) is 0 Å². The minimum absolute atomic E-state index is 0.00821. The summed E-state index contributed by atoms with van der Waals surface area (Å²) in [6.45, 7) is 1.11. The van der Waals surface area contributed by atoms with Gasteiger partial charge in [0, 0.05) is 30.2 Å². The highest BCUT2D eigenvalue weighted by molar-refractivity contribution is 6.31. The topological polar surface area (TPSA) is 106 Å². The first-order valence-electron chi connectivity index (χ1n) is 11.8. The number of anilines is 2. The van der Waals surface area contributed by atoms with Crippen LogP contribution in [0.1, 0.15) is 11.1 Å². The van der Waals surface area contributed by atoms with Gasteiger partial charge in [0.1, 0.15) is 31.2 Å². The van der Waals surface area contributed by atoms with Crippen LogP contribution in [0.15, 0.2) is 67.0 Å². The standard InChI is InChI=1S/C28H26ClFN4O4/c1-37-26-14-25-22(28(33-17-32-25)34-20-7-9-24(30)23(29)12-20)13-27(26)38-11-10-31-15-19-4-2-18(3-5-19)6-8-21(36)16-35/h2-9,12-14,17,31,35H,10-11,15-16H2,1H3,(H,32,33,34)/b8-6+. The smallest absolute Gasteiger partial charge is 0.181 e. The molecule has 10 heteroatoms. The average molecular weight is 537 g/mol. The second-order valence-corrected chi connectivity index (χ2v) is 8.63. The average Bonchev–Trinajstić information content (AvgIpc) is 2.94. The summed E-state index contributed by atoms with van der Waals surface area (Å²) in [6, 6.07) is 15.7. The molecule has 3 N–H and O–H groups in total. The number of carbonyl (C=O) groups is 1. The molecule has 0 saturated carbocycles. The van der Waals surface area contributed by atoms with Crippen molar-refractivity contribution in [2.75, 3.05) is 32.2 Å². The van der Waals surface area contributed by atoms with E-state index in [0.717, 1.165) is 11.1 Å². The molecule has 38 heavy (non-hydrogen) atoms. The summed E-state index contributed by atoms with van der Waals surface area (Å²) in [5.41, 5.74) is 3.19. The number of halogens is 2. The molecular weight excluding hydrogens is 511 g/mol. The fourth-order valence-corrected chi connectivity index (χ4v) is 3.78. The highest BCUT2D eigenvalue weighted by Crippen LogP contribution is 2.35. The van der Waals surface area contributed by atoms with Crippen molar-refractivity contribution >= 4 is 45.9 Å². The maximum absolute atomic E-state index is 13.5. The van der Waals surface area contributed by atoms with E-state index in [1.54, 1.807) is 31.4 Å². The first-order valence-corrected chi connectivity index (χ1v) is 12.1. The number of aliphatic hydroxyl groups excluding tert-OH is 1. The van der Waals surface area contributed by atoms with E-state index < -0.39 is 12.4 Å². The number of carbonyl (C=O) groups excluding carboxylic acids is 1. The minimum Gasteiger partial charge on any atom is -0.493 e. The number of rotatable bonds is 12. The largest absolute Gasteiger partial charge is 0.493 e. The number of methoxy groups -OCH3 is 1. The van der Waals surface area contributed by atoms with Crippen LogP contribution in [0.4, 0.5) is 15.9 Å². The molecule has 0 spiro atoms. The molecule has 0 aliphatic carbocycles. The Morgan fingerprint density at radius 3 is 2.66 bits per heavy atom. The first-order chi connectivity index (χ1) is 18.5. The van der Waals surface area contributed by atoms with Gasteiger partial charge in [-0.05, 0) is 41.5 Å². The highest BCUT2D eigenvalue weighted by Gasteiger charge is 2.12. The number of nitrogens with zero attached hydrogens (tertiary/aromatic N) is 2. The van der Waals surface area contributed by atoms with Gasteiger partial charge in [-0.2, -0.15) is 0 Å². The van der Waals surface area contributed by atoms with E-state index in [2.05, 4.69) is 20.6 Å². The van der Waals surface area contributed by atoms with Crippen LogP contribution in [0.3, 0.4) is 0 Å². The van der Waals surface area contributed by atoms with E-state index >= 15 is 0 Å². The molecule has 8 nitrogen and oxygen atoms in total. The predicted molar refractivity (Wildman–Crippen MR) is 146 cm³/mol. The molecule has 0 atom stereocenters. The number of hydrogen-bond donors (Lipinski definition) is 3. The maximum Gasteiger partial charge on any atom is 0.181 e. The lowest BCUT2D eigenvalue weighted by atomic mass is 10.1. The van der Waals surface area contributed by atoms with E-state index in [1.807, 2.05) is 24.3 Å². The van der Waals surface area contributed by atoms with Crippen molar-refractivity contribution in [3.8, 4) is 11.5 Å². The molecule has 0 amide bonds. The second kappa shape index (κ2) is 13.0. The van der Waals surface area contributed by atoms with Crippen LogP contribution in [-0.2, 0) is 11.3 Å². The van der Waals surface area contributed by atoms with E-state index in [0.29, 0.717) is 53.6 Å². The fraction of sp³-hybridized carbons (Fsp3) is 0.179. The van der Waals surface area contributed by atoms with Crippen LogP contribution in [-0.4, -0.2) is 47.7 Å². The Labute approximate surface area is 224 Å². The molecule has 0 unspecified atom stereocenters. The Morgan fingerprint density at radius 1 is 1.11 bits per heavy atom. The summed E-state index contributed by atoms with van der Waals surface area (Å²) in [4.78, 5) is 19.8. The Balaban J connectivity index is 1.37. The van der Waals surface area contributed by atoms with Crippen LogP contribution >= 0.6 is 11.6 Å². The Morgan fingerprint density at radius 2 is 1.92 bits per heavy atom. The van der Waals surface area contributed by atoms with Gasteiger partial charge in [-0.3, -0.25) is 4.79 Å². The molecule has 0 aliphatic heterocycles. The number of hydrogen-bond acceptors (Lipinski definition) is 8. The molecule has 1 aromatic heterocycles. The minimum atomic E-state index is -0.500. The SMILES string of the molecule is COc1cc2ncnc(Nc3ccc(F)c(Cl)c3)c2cc1OCCNCc1ccc(/C=C/C(=O)CO)cc1. The second-order valence-electron chi connectivity index (χ2n) is 8.22. The van der Waals surface area contributed by atoms with Gasteiger partial charge in [-0.1, -0.05) is 41.9 Å².